The number of carbonyl (C=O) groups is 4. The number of alkyl carbamates (subject to hydrolysis) is 1. The highest BCUT2D eigenvalue weighted by atomic mass is 32.2. The zero-order chi connectivity index (χ0) is 40.8. The number of fused-ring (bicyclic) bond motifs is 3. The molecule has 1 saturated heterocycles. The van der Waals surface area contributed by atoms with Gasteiger partial charge in [0.1, 0.15) is 52.3 Å². The molecule has 56 heavy (non-hydrogen) atoms. The minimum atomic E-state index is -4.41. The van der Waals surface area contributed by atoms with Crippen molar-refractivity contribution in [2.45, 2.75) is 114 Å². The number of allylic oxidation sites excluding steroid dienone is 1. The van der Waals surface area contributed by atoms with Gasteiger partial charge in [-0.3, -0.25) is 19.1 Å². The Morgan fingerprint density at radius 3 is 2.52 bits per heavy atom. The molecule has 0 unspecified atom stereocenters. The van der Waals surface area contributed by atoms with Crippen molar-refractivity contribution in [2.24, 2.45) is 17.8 Å². The van der Waals surface area contributed by atoms with Crippen LogP contribution in [0.3, 0.4) is 0 Å². The molecule has 2 aromatic rings. The van der Waals surface area contributed by atoms with E-state index < -0.39 is 92.2 Å². The Kier molecular flexibility index (Phi) is 11.3. The van der Waals surface area contributed by atoms with E-state index in [9.17, 15) is 36.4 Å². The molecule has 2 aliphatic heterocycles. The van der Waals surface area contributed by atoms with Crippen LogP contribution in [0.2, 0.25) is 0 Å². The Bertz CT molecular complexity index is 2020. The van der Waals surface area contributed by atoms with Crippen molar-refractivity contribution < 1.29 is 50.6 Å². The molecule has 6 rings (SSSR count). The van der Waals surface area contributed by atoms with Crippen molar-refractivity contribution in [1.29, 1.82) is 0 Å². The van der Waals surface area contributed by atoms with Crippen molar-refractivity contribution >= 4 is 44.6 Å². The van der Waals surface area contributed by atoms with Crippen LogP contribution in [-0.4, -0.2) is 96.5 Å². The fourth-order valence-corrected chi connectivity index (χ4v) is 9.19. The fourth-order valence-electron chi connectivity index (χ4n) is 7.76. The van der Waals surface area contributed by atoms with Crippen LogP contribution in [-0.2, 0) is 29.1 Å². The zero-order valence-corrected chi connectivity index (χ0v) is 33.3. The first-order valence-electron chi connectivity index (χ1n) is 19.0. The molecule has 1 aromatic carbocycles. The first kappa shape index (κ1) is 41.1. The molecule has 0 bridgehead atoms. The number of aromatic nitrogens is 1. The predicted octanol–water partition coefficient (Wildman–Crippen LogP) is 4.46. The van der Waals surface area contributed by atoms with Crippen LogP contribution in [0.15, 0.2) is 36.5 Å². The van der Waals surface area contributed by atoms with Crippen molar-refractivity contribution in [3.63, 3.8) is 0 Å². The molecule has 7 atom stereocenters. The summed E-state index contributed by atoms with van der Waals surface area (Å²) < 4.78 is 72.3. The van der Waals surface area contributed by atoms with Crippen molar-refractivity contribution in [2.75, 3.05) is 20.3 Å². The topological polar surface area (TPSA) is 182 Å². The smallest absolute Gasteiger partial charge is 0.408 e. The molecular formula is C39H51F2N5O9S. The van der Waals surface area contributed by atoms with Gasteiger partial charge in [-0.15, -0.1) is 0 Å². The number of nitrogens with one attached hydrogen (secondary N) is 3. The lowest BCUT2D eigenvalue weighted by Gasteiger charge is -2.33. The molecule has 0 spiro atoms. The number of rotatable bonds is 8. The van der Waals surface area contributed by atoms with Gasteiger partial charge in [-0.25, -0.2) is 27.0 Å². The minimum Gasteiger partial charge on any atom is -0.494 e. The van der Waals surface area contributed by atoms with Gasteiger partial charge in [-0.2, -0.15) is 0 Å². The highest BCUT2D eigenvalue weighted by Gasteiger charge is 2.64. The van der Waals surface area contributed by atoms with Crippen LogP contribution in [0.1, 0.15) is 79.6 Å². The molecular weight excluding hydrogens is 753 g/mol. The molecule has 3 heterocycles. The highest BCUT2D eigenvalue weighted by molar-refractivity contribution is 7.91. The number of pyridine rings is 1. The molecule has 306 valence electrons. The summed E-state index contributed by atoms with van der Waals surface area (Å²) in [6, 6.07) is 1.62. The van der Waals surface area contributed by atoms with Crippen LogP contribution in [0.4, 0.5) is 13.6 Å². The number of methoxy groups -OCH3 is 1. The molecule has 14 nitrogen and oxygen atoms in total. The largest absolute Gasteiger partial charge is 0.494 e. The van der Waals surface area contributed by atoms with Gasteiger partial charge < -0.3 is 29.7 Å². The van der Waals surface area contributed by atoms with Crippen LogP contribution < -0.4 is 24.8 Å². The van der Waals surface area contributed by atoms with Gasteiger partial charge in [0.25, 0.3) is 5.91 Å². The second-order valence-electron chi connectivity index (χ2n) is 16.8. The van der Waals surface area contributed by atoms with Gasteiger partial charge >= 0.3 is 6.09 Å². The standard InChI is InChI=1S/C39H51F2N5O9S/c1-22-9-7-8-10-24-18-39(24,35(49)45-56(51,52)38(21-40)13-14-38)44-32(47)29-17-26(54-33-28-16-25(41)11-12-27(28)30(53-6)19-42-33)20-46(29)34(48)31(23(2)15-22)43-36(50)55-37(3,4)5/h8,10-12,16,19,22-24,26,29,31H,7,9,13-15,17-18,20-21H2,1-6H3,(H,43,50)(H,44,47)(H,45,49)/b10-8-/t22-,23+,24+,26+,29-,31-,39+/m0/s1. The number of ether oxygens (including phenoxy) is 3. The van der Waals surface area contributed by atoms with E-state index in [-0.39, 0.29) is 44.0 Å². The number of alkyl halides is 1. The Hall–Kier alpha value is -4.54. The van der Waals surface area contributed by atoms with Crippen LogP contribution in [0.25, 0.3) is 10.8 Å². The quantitative estimate of drug-likeness (QED) is 0.323. The third-order valence-corrected chi connectivity index (χ3v) is 13.3. The van der Waals surface area contributed by atoms with E-state index in [1.807, 2.05) is 19.9 Å². The minimum absolute atomic E-state index is 0.0295. The first-order chi connectivity index (χ1) is 26.3. The van der Waals surface area contributed by atoms with E-state index in [4.69, 9.17) is 14.2 Å². The number of hydrogen-bond donors (Lipinski definition) is 3. The molecule has 2 aliphatic carbocycles. The summed E-state index contributed by atoms with van der Waals surface area (Å²) in [6.07, 6.45) is 5.30. The predicted molar refractivity (Wildman–Crippen MR) is 201 cm³/mol. The van der Waals surface area contributed by atoms with Gasteiger partial charge in [0, 0.05) is 17.7 Å². The maximum atomic E-state index is 14.7. The third kappa shape index (κ3) is 8.42. The molecule has 2 saturated carbocycles. The van der Waals surface area contributed by atoms with E-state index >= 15 is 0 Å². The molecule has 1 aromatic heterocycles. The van der Waals surface area contributed by atoms with Crippen LogP contribution in [0.5, 0.6) is 11.6 Å². The first-order valence-corrected chi connectivity index (χ1v) is 20.5. The summed E-state index contributed by atoms with van der Waals surface area (Å²) in [5.74, 6) is -3.41. The Balaban J connectivity index is 1.36. The summed E-state index contributed by atoms with van der Waals surface area (Å²) in [4.78, 5) is 61.9. The lowest BCUT2D eigenvalue weighted by molar-refractivity contribution is -0.142. The Morgan fingerprint density at radius 1 is 1.12 bits per heavy atom. The molecule has 0 radical (unpaired) electrons. The number of amides is 4. The third-order valence-electron chi connectivity index (χ3n) is 11.2. The number of carbonyl (C=O) groups excluding carboxylic acids is 4. The van der Waals surface area contributed by atoms with E-state index in [1.54, 1.807) is 26.8 Å². The molecule has 17 heteroatoms. The highest BCUT2D eigenvalue weighted by Crippen LogP contribution is 2.48. The van der Waals surface area contributed by atoms with Gasteiger partial charge in [-0.05, 0) is 89.3 Å². The summed E-state index contributed by atoms with van der Waals surface area (Å²) in [5, 5.41) is 6.34. The summed E-state index contributed by atoms with van der Waals surface area (Å²) in [7, 11) is -2.96. The number of benzene rings is 1. The van der Waals surface area contributed by atoms with Gasteiger partial charge in [0.15, 0.2) is 0 Å². The Labute approximate surface area is 325 Å². The van der Waals surface area contributed by atoms with Crippen molar-refractivity contribution in [3.05, 3.63) is 42.4 Å². The van der Waals surface area contributed by atoms with E-state index in [0.29, 0.717) is 35.8 Å². The second kappa shape index (κ2) is 15.4. The maximum Gasteiger partial charge on any atom is 0.408 e. The monoisotopic (exact) mass is 803 g/mol. The van der Waals surface area contributed by atoms with E-state index in [0.717, 1.165) is 0 Å². The van der Waals surface area contributed by atoms with Crippen molar-refractivity contribution in [3.8, 4) is 11.6 Å². The maximum absolute atomic E-state index is 14.7. The van der Waals surface area contributed by atoms with E-state index in [1.165, 1.54) is 36.4 Å². The number of halogens is 2. The van der Waals surface area contributed by atoms with Gasteiger partial charge in [0.2, 0.25) is 27.7 Å². The van der Waals surface area contributed by atoms with Crippen LogP contribution >= 0.6 is 0 Å². The summed E-state index contributed by atoms with van der Waals surface area (Å²) in [5.41, 5.74) is -2.57. The SMILES string of the molecule is COc1cnc(O[C@@H]2C[C@H]3C(=O)N[C@]4(C(=O)NS(=O)(=O)C5(CF)CC5)C[C@H]4/C=C\CC[C@H](C)C[C@@H](C)[C@H](NC(=O)OC(C)(C)C)C(=O)N3C2)c2cc(F)ccc12. The summed E-state index contributed by atoms with van der Waals surface area (Å²) in [6.45, 7) is 7.63. The van der Waals surface area contributed by atoms with E-state index in [2.05, 4.69) is 20.3 Å². The second-order valence-corrected chi connectivity index (χ2v) is 18.9. The average Bonchev–Trinajstić information content (AvgIpc) is 4.02. The lowest BCUT2D eigenvalue weighted by atomic mass is 9.88. The summed E-state index contributed by atoms with van der Waals surface area (Å²) >= 11 is 0. The Morgan fingerprint density at radius 2 is 1.86 bits per heavy atom. The van der Waals surface area contributed by atoms with Crippen molar-refractivity contribution in [1.82, 2.24) is 25.2 Å². The molecule has 4 amide bonds. The van der Waals surface area contributed by atoms with Crippen LogP contribution in [0, 0.1) is 23.6 Å². The fraction of sp³-hybridized carbons (Fsp3) is 0.615. The number of sulfonamides is 1. The number of nitrogens with zero attached hydrogens (tertiary/aromatic N) is 2. The zero-order valence-electron chi connectivity index (χ0n) is 32.5. The molecule has 3 fully saturated rings. The molecule has 3 N–H and O–H groups in total. The number of hydrogen-bond acceptors (Lipinski definition) is 10. The van der Waals surface area contributed by atoms with Gasteiger partial charge in [0.05, 0.1) is 25.2 Å². The van der Waals surface area contributed by atoms with Gasteiger partial charge in [-0.1, -0.05) is 26.0 Å². The average molecular weight is 804 g/mol. The lowest BCUT2D eigenvalue weighted by Crippen LogP contribution is -2.59. The molecule has 4 aliphatic rings. The normalized spacial score (nSPS) is 29.8.